The highest BCUT2D eigenvalue weighted by atomic mass is 32.2. The number of nitrogens with one attached hydrogen (secondary N) is 2. The Bertz CT molecular complexity index is 429. The fraction of sp³-hybridized carbons (Fsp3) is 0.938. The third-order valence-electron chi connectivity index (χ3n) is 4.33. The Morgan fingerprint density at radius 3 is 2.55 bits per heavy atom. The van der Waals surface area contributed by atoms with Gasteiger partial charge in [-0.3, -0.25) is 4.99 Å². The number of unbranched alkanes of at least 4 members (excludes halogenated alkanes) is 1. The molecular weight excluding hydrogens is 298 g/mol. The summed E-state index contributed by atoms with van der Waals surface area (Å²) < 4.78 is 22.3. The summed E-state index contributed by atoms with van der Waals surface area (Å²) in [5, 5.41) is 6.56. The van der Waals surface area contributed by atoms with Crippen LogP contribution in [0.4, 0.5) is 0 Å². The van der Waals surface area contributed by atoms with Crippen LogP contribution in [0.25, 0.3) is 0 Å². The highest BCUT2D eigenvalue weighted by molar-refractivity contribution is 7.90. The molecule has 1 saturated carbocycles. The number of aliphatic imine (C=N–C) groups is 1. The predicted molar refractivity (Wildman–Crippen MR) is 94.1 cm³/mol. The molecule has 6 heteroatoms. The van der Waals surface area contributed by atoms with Gasteiger partial charge in [0.05, 0.1) is 5.75 Å². The van der Waals surface area contributed by atoms with Crippen LogP contribution in [0.1, 0.15) is 58.3 Å². The highest BCUT2D eigenvalue weighted by Gasteiger charge is 2.14. The van der Waals surface area contributed by atoms with Gasteiger partial charge in [0.25, 0.3) is 0 Å². The number of hydrogen-bond acceptors (Lipinski definition) is 3. The first-order valence-electron chi connectivity index (χ1n) is 8.55. The van der Waals surface area contributed by atoms with Gasteiger partial charge in [-0.25, -0.2) is 8.42 Å². The molecule has 0 heterocycles. The summed E-state index contributed by atoms with van der Waals surface area (Å²) in [7, 11) is -1.15. The van der Waals surface area contributed by atoms with Gasteiger partial charge in [0.1, 0.15) is 9.84 Å². The molecule has 0 spiro atoms. The maximum Gasteiger partial charge on any atom is 0.191 e. The van der Waals surface area contributed by atoms with Gasteiger partial charge in [-0.1, -0.05) is 38.5 Å². The minimum absolute atomic E-state index is 0.0967. The molecule has 1 fully saturated rings. The molecule has 22 heavy (non-hydrogen) atoms. The first-order chi connectivity index (χ1) is 10.4. The van der Waals surface area contributed by atoms with E-state index in [0.29, 0.717) is 6.42 Å². The molecule has 1 unspecified atom stereocenters. The zero-order chi connectivity index (χ0) is 16.4. The zero-order valence-corrected chi connectivity index (χ0v) is 15.2. The molecule has 130 valence electrons. The molecule has 2 N–H and O–H groups in total. The van der Waals surface area contributed by atoms with Gasteiger partial charge in [0, 0.05) is 25.9 Å². The molecule has 0 bridgehead atoms. The van der Waals surface area contributed by atoms with Crippen LogP contribution < -0.4 is 10.6 Å². The molecule has 1 atom stereocenters. The molecule has 1 aliphatic rings. The van der Waals surface area contributed by atoms with Crippen molar-refractivity contribution >= 4 is 15.8 Å². The fourth-order valence-corrected chi connectivity index (χ4v) is 3.74. The van der Waals surface area contributed by atoms with E-state index < -0.39 is 9.84 Å². The van der Waals surface area contributed by atoms with Crippen LogP contribution in [0, 0.1) is 5.92 Å². The standard InChI is InChI=1S/C16H33N3O2S/c1-14(11-13-22(3,20)21)19-16(17-2)18-12-7-6-10-15-8-4-5-9-15/h14-15H,4-13H2,1-3H3,(H2,17,18,19). The van der Waals surface area contributed by atoms with Crippen LogP contribution in [0.2, 0.25) is 0 Å². The summed E-state index contributed by atoms with van der Waals surface area (Å²) in [5.41, 5.74) is 0. The van der Waals surface area contributed by atoms with Crippen molar-refractivity contribution in [2.45, 2.75) is 64.3 Å². The van der Waals surface area contributed by atoms with Crippen molar-refractivity contribution in [1.29, 1.82) is 0 Å². The highest BCUT2D eigenvalue weighted by Crippen LogP contribution is 2.28. The van der Waals surface area contributed by atoms with Crippen molar-refractivity contribution in [3.8, 4) is 0 Å². The lowest BCUT2D eigenvalue weighted by molar-refractivity contribution is 0.472. The quantitative estimate of drug-likeness (QED) is 0.386. The van der Waals surface area contributed by atoms with Crippen molar-refractivity contribution in [3.05, 3.63) is 0 Å². The molecule has 0 aromatic rings. The number of nitrogens with zero attached hydrogens (tertiary/aromatic N) is 1. The Morgan fingerprint density at radius 2 is 1.95 bits per heavy atom. The normalized spacial score (nSPS) is 18.4. The number of guanidine groups is 1. The third-order valence-corrected chi connectivity index (χ3v) is 5.31. The largest absolute Gasteiger partial charge is 0.356 e. The zero-order valence-electron chi connectivity index (χ0n) is 14.4. The summed E-state index contributed by atoms with van der Waals surface area (Å²) in [5.74, 6) is 1.94. The van der Waals surface area contributed by atoms with E-state index in [-0.39, 0.29) is 11.8 Å². The molecule has 5 nitrogen and oxygen atoms in total. The lowest BCUT2D eigenvalue weighted by Crippen LogP contribution is -2.43. The first kappa shape index (κ1) is 19.3. The van der Waals surface area contributed by atoms with Crippen molar-refractivity contribution in [2.24, 2.45) is 10.9 Å². The van der Waals surface area contributed by atoms with E-state index in [9.17, 15) is 8.42 Å². The molecule has 1 rings (SSSR count). The molecule has 0 amide bonds. The van der Waals surface area contributed by atoms with Crippen molar-refractivity contribution < 1.29 is 8.42 Å². The summed E-state index contributed by atoms with van der Waals surface area (Å²) in [6.45, 7) is 2.91. The van der Waals surface area contributed by atoms with E-state index in [2.05, 4.69) is 15.6 Å². The Balaban J connectivity index is 2.10. The Hall–Kier alpha value is -0.780. The van der Waals surface area contributed by atoms with Crippen molar-refractivity contribution in [1.82, 2.24) is 10.6 Å². The molecular formula is C16H33N3O2S. The second-order valence-corrected chi connectivity index (χ2v) is 8.87. The van der Waals surface area contributed by atoms with Crippen LogP contribution in [-0.2, 0) is 9.84 Å². The van der Waals surface area contributed by atoms with Gasteiger partial charge >= 0.3 is 0 Å². The van der Waals surface area contributed by atoms with Crippen LogP contribution in [-0.4, -0.2) is 46.0 Å². The van der Waals surface area contributed by atoms with E-state index in [0.717, 1.165) is 24.8 Å². The van der Waals surface area contributed by atoms with Crippen molar-refractivity contribution in [2.75, 3.05) is 25.6 Å². The summed E-state index contributed by atoms with van der Waals surface area (Å²) >= 11 is 0. The minimum Gasteiger partial charge on any atom is -0.356 e. The summed E-state index contributed by atoms with van der Waals surface area (Å²) in [4.78, 5) is 4.19. The average Bonchev–Trinajstić information content (AvgIpc) is 2.96. The van der Waals surface area contributed by atoms with Gasteiger partial charge in [-0.2, -0.15) is 0 Å². The van der Waals surface area contributed by atoms with Crippen LogP contribution >= 0.6 is 0 Å². The lowest BCUT2D eigenvalue weighted by Gasteiger charge is -2.17. The number of rotatable bonds is 9. The van der Waals surface area contributed by atoms with Gasteiger partial charge < -0.3 is 10.6 Å². The molecule has 1 aliphatic carbocycles. The van der Waals surface area contributed by atoms with Gasteiger partial charge in [0.15, 0.2) is 5.96 Å². The van der Waals surface area contributed by atoms with E-state index in [4.69, 9.17) is 0 Å². The second-order valence-electron chi connectivity index (χ2n) is 6.61. The van der Waals surface area contributed by atoms with E-state index in [1.165, 1.54) is 44.8 Å². The Morgan fingerprint density at radius 1 is 1.27 bits per heavy atom. The van der Waals surface area contributed by atoms with E-state index in [1.807, 2.05) is 6.92 Å². The van der Waals surface area contributed by atoms with Gasteiger partial charge in [-0.15, -0.1) is 0 Å². The first-order valence-corrected chi connectivity index (χ1v) is 10.6. The molecule has 0 saturated heterocycles. The van der Waals surface area contributed by atoms with Crippen LogP contribution in [0.3, 0.4) is 0 Å². The number of sulfone groups is 1. The summed E-state index contributed by atoms with van der Waals surface area (Å²) in [6.07, 6.45) is 11.4. The van der Waals surface area contributed by atoms with Crippen LogP contribution in [0.15, 0.2) is 4.99 Å². The maximum atomic E-state index is 11.2. The van der Waals surface area contributed by atoms with E-state index >= 15 is 0 Å². The predicted octanol–water partition coefficient (Wildman–Crippen LogP) is 2.34. The monoisotopic (exact) mass is 331 g/mol. The van der Waals surface area contributed by atoms with Gasteiger partial charge in [0.2, 0.25) is 0 Å². The van der Waals surface area contributed by atoms with Crippen LogP contribution in [0.5, 0.6) is 0 Å². The fourth-order valence-electron chi connectivity index (χ4n) is 2.95. The lowest BCUT2D eigenvalue weighted by atomic mass is 10.0. The molecule has 0 aliphatic heterocycles. The Kier molecular flexibility index (Phi) is 8.83. The smallest absolute Gasteiger partial charge is 0.191 e. The molecule has 0 aromatic carbocycles. The SMILES string of the molecule is CN=C(NCCCCC1CCCC1)NC(C)CCS(C)(=O)=O. The average molecular weight is 332 g/mol. The second kappa shape index (κ2) is 10.1. The topological polar surface area (TPSA) is 70.6 Å². The summed E-state index contributed by atoms with van der Waals surface area (Å²) in [6, 6.07) is 0.0967. The Labute approximate surface area is 136 Å². The third kappa shape index (κ3) is 9.28. The van der Waals surface area contributed by atoms with E-state index in [1.54, 1.807) is 7.05 Å². The molecule has 0 radical (unpaired) electrons. The molecule has 0 aromatic heterocycles. The minimum atomic E-state index is -2.89. The number of hydrogen-bond donors (Lipinski definition) is 2. The maximum absolute atomic E-state index is 11.2. The van der Waals surface area contributed by atoms with Crippen molar-refractivity contribution in [3.63, 3.8) is 0 Å². The van der Waals surface area contributed by atoms with Gasteiger partial charge in [-0.05, 0) is 25.7 Å².